The highest BCUT2D eigenvalue weighted by Gasteiger charge is 2.33. The van der Waals surface area contributed by atoms with E-state index in [9.17, 15) is 19.2 Å². The normalized spacial score (nSPS) is 14.9. The number of esters is 3. The molecule has 0 aliphatic heterocycles. The number of carbonyl (C=O) groups is 4. The second-order valence-electron chi connectivity index (χ2n) is 9.69. The van der Waals surface area contributed by atoms with Crippen LogP contribution in [0.25, 0.3) is 0 Å². The molecule has 2 aromatic heterocycles. The molecule has 0 spiro atoms. The van der Waals surface area contributed by atoms with Gasteiger partial charge in [-0.05, 0) is 76.5 Å². The first-order valence-electron chi connectivity index (χ1n) is 14.0. The Bertz CT molecular complexity index is 1460. The third-order valence-electron chi connectivity index (χ3n) is 6.96. The summed E-state index contributed by atoms with van der Waals surface area (Å²) in [5, 5.41) is 2.44. The number of hydrogen-bond donors (Lipinski definition) is 1. The standard InChI is InChI=1S/C31H35NO7S3/c1-6-37-28(34)23-17(4)25(30(36)39-8-3)42-27(23)32-26(33)18(5)40-31-24(29(35)38-7-2)21-15-14-20(16-22(21)41-31)19-12-10-9-11-13-19/h9-13,18,20H,6-8,14-16H2,1-5H3,(H,32,33). The summed E-state index contributed by atoms with van der Waals surface area (Å²) in [6, 6.07) is 10.4. The van der Waals surface area contributed by atoms with Crippen molar-refractivity contribution in [2.75, 3.05) is 25.1 Å². The molecule has 1 aliphatic rings. The van der Waals surface area contributed by atoms with Gasteiger partial charge in [0.25, 0.3) is 0 Å². The average molecular weight is 630 g/mol. The lowest BCUT2D eigenvalue weighted by Crippen LogP contribution is -2.23. The van der Waals surface area contributed by atoms with Gasteiger partial charge >= 0.3 is 17.9 Å². The van der Waals surface area contributed by atoms with Crippen LogP contribution >= 0.6 is 34.4 Å². The third kappa shape index (κ3) is 6.90. The molecule has 2 atom stereocenters. The summed E-state index contributed by atoms with van der Waals surface area (Å²) in [6.45, 7) is 9.13. The highest BCUT2D eigenvalue weighted by molar-refractivity contribution is 8.02. The Kier molecular flexibility index (Phi) is 10.9. The molecular formula is C31H35NO7S3. The predicted molar refractivity (Wildman–Crippen MR) is 166 cm³/mol. The van der Waals surface area contributed by atoms with Crippen LogP contribution < -0.4 is 5.32 Å². The van der Waals surface area contributed by atoms with Gasteiger partial charge < -0.3 is 19.5 Å². The van der Waals surface area contributed by atoms with E-state index in [1.165, 1.54) is 17.3 Å². The van der Waals surface area contributed by atoms with Crippen LogP contribution in [0.4, 0.5) is 5.00 Å². The number of fused-ring (bicyclic) bond motifs is 1. The molecular weight excluding hydrogens is 595 g/mol. The second-order valence-corrected chi connectivity index (χ2v) is 13.4. The van der Waals surface area contributed by atoms with Crippen molar-refractivity contribution in [1.82, 2.24) is 0 Å². The Morgan fingerprint density at radius 3 is 2.19 bits per heavy atom. The number of nitrogens with one attached hydrogen (secondary N) is 1. The molecule has 0 radical (unpaired) electrons. The zero-order chi connectivity index (χ0) is 30.4. The summed E-state index contributed by atoms with van der Waals surface area (Å²) in [6.07, 6.45) is 2.51. The van der Waals surface area contributed by atoms with E-state index < -0.39 is 17.2 Å². The summed E-state index contributed by atoms with van der Waals surface area (Å²) in [7, 11) is 0. The predicted octanol–water partition coefficient (Wildman–Crippen LogP) is 7.04. The van der Waals surface area contributed by atoms with Gasteiger partial charge in [0.1, 0.15) is 9.88 Å². The van der Waals surface area contributed by atoms with E-state index in [-0.39, 0.29) is 47.1 Å². The maximum absolute atomic E-state index is 13.4. The molecule has 1 amide bonds. The highest BCUT2D eigenvalue weighted by Crippen LogP contribution is 2.45. The minimum absolute atomic E-state index is 0.140. The Morgan fingerprint density at radius 1 is 0.929 bits per heavy atom. The number of amides is 1. The summed E-state index contributed by atoms with van der Waals surface area (Å²) in [4.78, 5) is 53.2. The molecule has 2 heterocycles. The van der Waals surface area contributed by atoms with E-state index >= 15 is 0 Å². The van der Waals surface area contributed by atoms with Crippen LogP contribution in [0.3, 0.4) is 0 Å². The highest BCUT2D eigenvalue weighted by atomic mass is 32.2. The Balaban J connectivity index is 1.59. The first-order chi connectivity index (χ1) is 20.2. The van der Waals surface area contributed by atoms with E-state index in [4.69, 9.17) is 14.2 Å². The molecule has 1 N–H and O–H groups in total. The fourth-order valence-corrected chi connectivity index (χ4v) is 8.91. The largest absolute Gasteiger partial charge is 0.462 e. The van der Waals surface area contributed by atoms with Crippen LogP contribution in [-0.4, -0.2) is 48.9 Å². The van der Waals surface area contributed by atoms with E-state index in [0.717, 1.165) is 45.2 Å². The fourth-order valence-electron chi connectivity index (χ4n) is 4.93. The van der Waals surface area contributed by atoms with Gasteiger partial charge in [0, 0.05) is 4.88 Å². The van der Waals surface area contributed by atoms with Crippen molar-refractivity contribution in [2.24, 2.45) is 0 Å². The molecule has 0 bridgehead atoms. The van der Waals surface area contributed by atoms with Crippen LogP contribution in [-0.2, 0) is 31.8 Å². The van der Waals surface area contributed by atoms with E-state index in [1.54, 1.807) is 46.0 Å². The molecule has 2 unspecified atom stereocenters. The minimum Gasteiger partial charge on any atom is -0.462 e. The smallest absolute Gasteiger partial charge is 0.348 e. The summed E-state index contributed by atoms with van der Waals surface area (Å²) < 4.78 is 16.5. The molecule has 1 aromatic carbocycles. The number of benzene rings is 1. The minimum atomic E-state index is -0.624. The molecule has 42 heavy (non-hydrogen) atoms. The number of anilines is 1. The van der Waals surface area contributed by atoms with Crippen molar-refractivity contribution in [3.8, 4) is 0 Å². The fraction of sp³-hybridized carbons (Fsp3) is 0.419. The van der Waals surface area contributed by atoms with Crippen LogP contribution in [0.2, 0.25) is 0 Å². The Hall–Kier alpha value is -3.15. The first-order valence-corrected chi connectivity index (χ1v) is 16.5. The summed E-state index contributed by atoms with van der Waals surface area (Å²) in [5.74, 6) is -1.57. The van der Waals surface area contributed by atoms with Crippen LogP contribution in [0.1, 0.15) is 92.0 Å². The number of hydrogen-bond acceptors (Lipinski definition) is 10. The van der Waals surface area contributed by atoms with Crippen LogP contribution in [0.15, 0.2) is 34.5 Å². The maximum atomic E-state index is 13.4. The third-order valence-corrected chi connectivity index (χ3v) is 10.7. The van der Waals surface area contributed by atoms with Gasteiger partial charge in [-0.25, -0.2) is 14.4 Å². The quantitative estimate of drug-likeness (QED) is 0.137. The number of thioether (sulfide) groups is 1. The van der Waals surface area contributed by atoms with Crippen molar-refractivity contribution in [3.05, 3.63) is 67.9 Å². The molecule has 4 rings (SSSR count). The Morgan fingerprint density at radius 2 is 1.55 bits per heavy atom. The zero-order valence-corrected chi connectivity index (χ0v) is 26.8. The van der Waals surface area contributed by atoms with Gasteiger partial charge in [0.05, 0.1) is 40.4 Å². The molecule has 1 aliphatic carbocycles. The zero-order valence-electron chi connectivity index (χ0n) is 24.4. The average Bonchev–Trinajstić information content (AvgIpc) is 3.49. The number of rotatable bonds is 11. The molecule has 8 nitrogen and oxygen atoms in total. The van der Waals surface area contributed by atoms with Gasteiger partial charge in [0.2, 0.25) is 5.91 Å². The van der Waals surface area contributed by atoms with Crippen molar-refractivity contribution < 1.29 is 33.4 Å². The van der Waals surface area contributed by atoms with Gasteiger partial charge in [-0.3, -0.25) is 4.79 Å². The maximum Gasteiger partial charge on any atom is 0.348 e. The topological polar surface area (TPSA) is 108 Å². The Labute approximate surface area is 258 Å². The first kappa shape index (κ1) is 31.8. The number of ether oxygens (including phenoxy) is 3. The van der Waals surface area contributed by atoms with Crippen LogP contribution in [0.5, 0.6) is 0 Å². The van der Waals surface area contributed by atoms with Crippen molar-refractivity contribution >= 4 is 63.3 Å². The lowest BCUT2D eigenvalue weighted by molar-refractivity contribution is -0.115. The molecule has 0 fully saturated rings. The van der Waals surface area contributed by atoms with E-state index in [2.05, 4.69) is 17.4 Å². The van der Waals surface area contributed by atoms with Gasteiger partial charge in [-0.1, -0.05) is 30.3 Å². The molecule has 3 aromatic rings. The van der Waals surface area contributed by atoms with Gasteiger partial charge in [-0.15, -0.1) is 34.4 Å². The second kappa shape index (κ2) is 14.3. The van der Waals surface area contributed by atoms with E-state index in [0.29, 0.717) is 17.0 Å². The molecule has 0 saturated carbocycles. The summed E-state index contributed by atoms with van der Waals surface area (Å²) in [5.41, 5.74) is 3.38. The molecule has 0 saturated heterocycles. The van der Waals surface area contributed by atoms with Gasteiger partial charge in [-0.2, -0.15) is 0 Å². The van der Waals surface area contributed by atoms with E-state index in [1.807, 2.05) is 18.2 Å². The molecule has 11 heteroatoms. The lowest BCUT2D eigenvalue weighted by atomic mass is 9.83. The van der Waals surface area contributed by atoms with Crippen LogP contribution in [0, 0.1) is 6.92 Å². The van der Waals surface area contributed by atoms with Crippen molar-refractivity contribution in [3.63, 3.8) is 0 Å². The van der Waals surface area contributed by atoms with Crippen molar-refractivity contribution in [2.45, 2.75) is 69.3 Å². The lowest BCUT2D eigenvalue weighted by Gasteiger charge is -2.23. The van der Waals surface area contributed by atoms with Crippen molar-refractivity contribution in [1.29, 1.82) is 0 Å². The molecule has 224 valence electrons. The van der Waals surface area contributed by atoms with Gasteiger partial charge in [0.15, 0.2) is 0 Å². The number of thiophene rings is 2. The number of carbonyl (C=O) groups excluding carboxylic acids is 4. The summed E-state index contributed by atoms with van der Waals surface area (Å²) >= 11 is 3.83. The monoisotopic (exact) mass is 629 g/mol. The SMILES string of the molecule is CCOC(=O)c1sc(NC(=O)C(C)Sc2sc3c(c2C(=O)OCC)CCC(c2ccccc2)C3)c(C(=O)OCC)c1C.